The van der Waals surface area contributed by atoms with Crippen molar-refractivity contribution in [3.05, 3.63) is 65.0 Å². The zero-order valence-corrected chi connectivity index (χ0v) is 18.9. The van der Waals surface area contributed by atoms with Crippen molar-refractivity contribution >= 4 is 17.0 Å². The molecule has 0 spiro atoms. The summed E-state index contributed by atoms with van der Waals surface area (Å²) in [6.07, 6.45) is 3.53. The Bertz CT molecular complexity index is 1120. The van der Waals surface area contributed by atoms with Gasteiger partial charge in [-0.05, 0) is 61.1 Å². The fourth-order valence-electron chi connectivity index (χ4n) is 4.89. The molecule has 2 saturated heterocycles. The molecule has 3 heterocycles. The van der Waals surface area contributed by atoms with Crippen LogP contribution in [0.4, 0.5) is 0 Å². The number of nitrogens with zero attached hydrogens (tertiary/aromatic N) is 3. The molecule has 0 aliphatic carbocycles. The summed E-state index contributed by atoms with van der Waals surface area (Å²) in [6, 6.07) is 14.7. The minimum atomic E-state index is -0.321. The lowest BCUT2D eigenvalue weighted by Crippen LogP contribution is -2.32. The first-order valence-electron chi connectivity index (χ1n) is 11.6. The van der Waals surface area contributed by atoms with Gasteiger partial charge in [-0.2, -0.15) is 0 Å². The van der Waals surface area contributed by atoms with E-state index in [1.54, 1.807) is 6.07 Å². The number of esters is 1. The van der Waals surface area contributed by atoms with Crippen molar-refractivity contribution in [3.8, 4) is 0 Å². The standard InChI is InChI=1S/C26H31N3O3/c1-3-18-5-4-6-19(13-18)21-9-11-28(15-21)17-25-27-23-8-7-20(26(30)31-2)14-24(23)29(25)16-22-10-12-32-22/h4-8,13-14,21-22H,3,9-12,15-17H2,1-2H3/t21-,22+/m1/s1. The smallest absolute Gasteiger partial charge is 0.337 e. The Hall–Kier alpha value is -2.70. The molecule has 2 atom stereocenters. The summed E-state index contributed by atoms with van der Waals surface area (Å²) in [7, 11) is 1.41. The SMILES string of the molecule is CCc1cccc([C@@H]2CCN(Cc3nc4ccc(C(=O)OC)cc4n3C[C@@H]3CCO3)C2)c1. The molecule has 0 unspecified atom stereocenters. The third kappa shape index (κ3) is 4.17. The number of aromatic nitrogens is 2. The lowest BCUT2D eigenvalue weighted by atomic mass is 9.96. The number of hydrogen-bond acceptors (Lipinski definition) is 5. The van der Waals surface area contributed by atoms with E-state index in [-0.39, 0.29) is 12.1 Å². The Kier molecular flexibility index (Phi) is 5.98. The third-order valence-electron chi connectivity index (χ3n) is 6.90. The maximum Gasteiger partial charge on any atom is 0.337 e. The molecule has 2 fully saturated rings. The van der Waals surface area contributed by atoms with E-state index >= 15 is 0 Å². The fraction of sp³-hybridized carbons (Fsp3) is 0.462. The molecule has 168 valence electrons. The van der Waals surface area contributed by atoms with Crippen LogP contribution in [0.2, 0.25) is 0 Å². The van der Waals surface area contributed by atoms with Crippen molar-refractivity contribution in [1.82, 2.24) is 14.5 Å². The van der Waals surface area contributed by atoms with Crippen LogP contribution >= 0.6 is 0 Å². The van der Waals surface area contributed by atoms with Crippen molar-refractivity contribution in [3.63, 3.8) is 0 Å². The second kappa shape index (κ2) is 9.04. The molecule has 0 radical (unpaired) electrons. The van der Waals surface area contributed by atoms with Crippen LogP contribution in [0.5, 0.6) is 0 Å². The number of carbonyl (C=O) groups is 1. The summed E-state index contributed by atoms with van der Waals surface area (Å²) >= 11 is 0. The Morgan fingerprint density at radius 2 is 2.09 bits per heavy atom. The number of imidazole rings is 1. The van der Waals surface area contributed by atoms with E-state index in [1.807, 2.05) is 12.1 Å². The average Bonchev–Trinajstić information content (AvgIpc) is 3.40. The summed E-state index contributed by atoms with van der Waals surface area (Å²) in [5.41, 5.74) is 5.30. The van der Waals surface area contributed by atoms with Gasteiger partial charge in [-0.3, -0.25) is 4.90 Å². The van der Waals surface area contributed by atoms with Crippen molar-refractivity contribution in [2.45, 2.75) is 51.3 Å². The van der Waals surface area contributed by atoms with Gasteiger partial charge in [-0.15, -0.1) is 0 Å². The van der Waals surface area contributed by atoms with Crippen LogP contribution in [-0.4, -0.2) is 53.3 Å². The molecule has 0 amide bonds. The number of carbonyl (C=O) groups excluding carboxylic acids is 1. The topological polar surface area (TPSA) is 56.6 Å². The van der Waals surface area contributed by atoms with Crippen LogP contribution in [0, 0.1) is 0 Å². The Labute approximate surface area is 189 Å². The summed E-state index contributed by atoms with van der Waals surface area (Å²) < 4.78 is 12.9. The third-order valence-corrected chi connectivity index (χ3v) is 6.90. The van der Waals surface area contributed by atoms with E-state index in [1.165, 1.54) is 24.7 Å². The summed E-state index contributed by atoms with van der Waals surface area (Å²) in [6.45, 7) is 6.72. The first kappa shape index (κ1) is 21.2. The van der Waals surface area contributed by atoms with Crippen LogP contribution in [-0.2, 0) is 29.0 Å². The van der Waals surface area contributed by atoms with Gasteiger partial charge in [0.2, 0.25) is 0 Å². The second-order valence-corrected chi connectivity index (χ2v) is 8.93. The van der Waals surface area contributed by atoms with Gasteiger partial charge in [-0.25, -0.2) is 9.78 Å². The maximum atomic E-state index is 12.1. The molecule has 32 heavy (non-hydrogen) atoms. The quantitative estimate of drug-likeness (QED) is 0.524. The Morgan fingerprint density at radius 3 is 2.84 bits per heavy atom. The van der Waals surface area contributed by atoms with Crippen LogP contribution in [0.1, 0.15) is 53.0 Å². The molecule has 2 aliphatic heterocycles. The normalized spacial score (nSPS) is 21.1. The number of fused-ring (bicyclic) bond motifs is 1. The summed E-state index contributed by atoms with van der Waals surface area (Å²) in [4.78, 5) is 19.5. The first-order valence-corrected chi connectivity index (χ1v) is 11.6. The van der Waals surface area contributed by atoms with Gasteiger partial charge in [0, 0.05) is 13.2 Å². The van der Waals surface area contributed by atoms with E-state index in [2.05, 4.69) is 40.7 Å². The molecule has 6 nitrogen and oxygen atoms in total. The molecule has 1 aromatic heterocycles. The van der Waals surface area contributed by atoms with E-state index < -0.39 is 0 Å². The highest BCUT2D eigenvalue weighted by Gasteiger charge is 2.27. The molecule has 0 saturated carbocycles. The molecule has 0 N–H and O–H groups in total. The Balaban J connectivity index is 1.39. The van der Waals surface area contributed by atoms with E-state index in [0.717, 1.165) is 62.5 Å². The predicted molar refractivity (Wildman–Crippen MR) is 124 cm³/mol. The van der Waals surface area contributed by atoms with Gasteiger partial charge in [0.1, 0.15) is 5.82 Å². The van der Waals surface area contributed by atoms with Crippen molar-refractivity contribution < 1.29 is 14.3 Å². The predicted octanol–water partition coefficient (Wildman–Crippen LogP) is 4.16. The maximum absolute atomic E-state index is 12.1. The zero-order valence-electron chi connectivity index (χ0n) is 18.9. The van der Waals surface area contributed by atoms with E-state index in [4.69, 9.17) is 14.5 Å². The minimum absolute atomic E-state index is 0.219. The van der Waals surface area contributed by atoms with Crippen LogP contribution in [0.15, 0.2) is 42.5 Å². The van der Waals surface area contributed by atoms with Gasteiger partial charge in [0.25, 0.3) is 0 Å². The number of methoxy groups -OCH3 is 1. The molecular weight excluding hydrogens is 402 g/mol. The number of benzene rings is 2. The van der Waals surface area contributed by atoms with Crippen LogP contribution in [0.3, 0.4) is 0 Å². The van der Waals surface area contributed by atoms with Crippen molar-refractivity contribution in [1.29, 1.82) is 0 Å². The molecule has 3 aromatic rings. The number of rotatable bonds is 7. The van der Waals surface area contributed by atoms with Gasteiger partial charge < -0.3 is 14.0 Å². The van der Waals surface area contributed by atoms with Crippen LogP contribution < -0.4 is 0 Å². The monoisotopic (exact) mass is 433 g/mol. The number of ether oxygens (including phenoxy) is 2. The molecule has 6 heteroatoms. The Morgan fingerprint density at radius 1 is 1.22 bits per heavy atom. The lowest BCUT2D eigenvalue weighted by molar-refractivity contribution is -0.0591. The molecule has 2 aromatic carbocycles. The highest BCUT2D eigenvalue weighted by molar-refractivity contribution is 5.93. The lowest BCUT2D eigenvalue weighted by Gasteiger charge is -2.28. The first-order chi connectivity index (χ1) is 15.6. The largest absolute Gasteiger partial charge is 0.465 e. The van der Waals surface area contributed by atoms with Crippen molar-refractivity contribution in [2.24, 2.45) is 0 Å². The van der Waals surface area contributed by atoms with Gasteiger partial charge in [0.15, 0.2) is 0 Å². The molecule has 5 rings (SSSR count). The average molecular weight is 434 g/mol. The summed E-state index contributed by atoms with van der Waals surface area (Å²) in [5.74, 6) is 1.29. The van der Waals surface area contributed by atoms with E-state index in [0.29, 0.717) is 11.5 Å². The molecule has 0 bridgehead atoms. The fourth-order valence-corrected chi connectivity index (χ4v) is 4.89. The highest BCUT2D eigenvalue weighted by Crippen LogP contribution is 2.30. The summed E-state index contributed by atoms with van der Waals surface area (Å²) in [5, 5.41) is 0. The number of aryl methyl sites for hydroxylation is 1. The molecular formula is C26H31N3O3. The van der Waals surface area contributed by atoms with Crippen molar-refractivity contribution in [2.75, 3.05) is 26.8 Å². The molecule has 2 aliphatic rings. The second-order valence-electron chi connectivity index (χ2n) is 8.93. The number of likely N-dealkylation sites (tertiary alicyclic amines) is 1. The van der Waals surface area contributed by atoms with Gasteiger partial charge in [0.05, 0.1) is 42.9 Å². The minimum Gasteiger partial charge on any atom is -0.465 e. The zero-order chi connectivity index (χ0) is 22.1. The number of hydrogen-bond donors (Lipinski definition) is 0. The van der Waals surface area contributed by atoms with Gasteiger partial charge >= 0.3 is 5.97 Å². The van der Waals surface area contributed by atoms with Gasteiger partial charge in [-0.1, -0.05) is 31.2 Å². The highest BCUT2D eigenvalue weighted by atomic mass is 16.5. The van der Waals surface area contributed by atoms with Crippen LogP contribution in [0.25, 0.3) is 11.0 Å². The van der Waals surface area contributed by atoms with E-state index in [9.17, 15) is 4.79 Å².